The highest BCUT2D eigenvalue weighted by Crippen LogP contribution is 2.38. The van der Waals surface area contributed by atoms with E-state index in [-0.39, 0.29) is 0 Å². The summed E-state index contributed by atoms with van der Waals surface area (Å²) in [6.07, 6.45) is 8.07. The molecule has 1 aromatic carbocycles. The van der Waals surface area contributed by atoms with Crippen LogP contribution in [0.1, 0.15) is 64.0 Å². The summed E-state index contributed by atoms with van der Waals surface area (Å²) < 4.78 is 0. The summed E-state index contributed by atoms with van der Waals surface area (Å²) >= 11 is 6.02. The Hall–Kier alpha value is -0.530. The van der Waals surface area contributed by atoms with Gasteiger partial charge in [-0.2, -0.15) is 0 Å². The highest BCUT2D eigenvalue weighted by Gasteiger charge is 2.27. The Bertz CT molecular complexity index is 379. The van der Waals surface area contributed by atoms with E-state index in [9.17, 15) is 0 Å². The molecule has 1 unspecified atom stereocenters. The fourth-order valence-electron chi connectivity index (χ4n) is 3.46. The number of rotatable bonds is 6. The molecule has 0 radical (unpaired) electrons. The van der Waals surface area contributed by atoms with Crippen molar-refractivity contribution in [3.63, 3.8) is 0 Å². The minimum atomic E-state index is 0.505. The number of halogens is 1. The van der Waals surface area contributed by atoms with Crippen molar-refractivity contribution >= 4 is 11.6 Å². The summed E-state index contributed by atoms with van der Waals surface area (Å²) in [6, 6.07) is 8.94. The molecule has 1 aliphatic rings. The Morgan fingerprint density at radius 1 is 1.10 bits per heavy atom. The van der Waals surface area contributed by atoms with Gasteiger partial charge in [0.2, 0.25) is 0 Å². The van der Waals surface area contributed by atoms with E-state index in [1.807, 2.05) is 12.1 Å². The van der Waals surface area contributed by atoms with Crippen molar-refractivity contribution in [3.8, 4) is 0 Å². The first-order valence-corrected chi connectivity index (χ1v) is 8.61. The predicted octanol–water partition coefficient (Wildman–Crippen LogP) is 5.60. The van der Waals surface area contributed by atoms with E-state index in [2.05, 4.69) is 31.3 Å². The van der Waals surface area contributed by atoms with Gasteiger partial charge in [-0.1, -0.05) is 56.8 Å². The van der Waals surface area contributed by atoms with Crippen LogP contribution in [0.15, 0.2) is 24.3 Å². The van der Waals surface area contributed by atoms with E-state index < -0.39 is 0 Å². The molecule has 1 nitrogen and oxygen atoms in total. The van der Waals surface area contributed by atoms with E-state index in [0.717, 1.165) is 23.4 Å². The standard InChI is InChI=1S/C18H28ClN/c1-3-13-20-18(16-9-11-17(19)12-10-16)15-7-5-14(4-2)6-8-15/h9-12,14-15,18,20H,3-8,13H2,1-2H3. The molecule has 2 rings (SSSR count). The van der Waals surface area contributed by atoms with Crippen LogP contribution in [0.2, 0.25) is 5.02 Å². The normalized spacial score (nSPS) is 24.6. The monoisotopic (exact) mass is 293 g/mol. The fourth-order valence-corrected chi connectivity index (χ4v) is 3.58. The molecule has 0 amide bonds. The van der Waals surface area contributed by atoms with Gasteiger partial charge in [0.15, 0.2) is 0 Å². The van der Waals surface area contributed by atoms with Crippen LogP contribution < -0.4 is 5.32 Å². The zero-order valence-corrected chi connectivity index (χ0v) is 13.6. The van der Waals surface area contributed by atoms with E-state index in [1.165, 1.54) is 44.1 Å². The van der Waals surface area contributed by atoms with Gasteiger partial charge in [0.25, 0.3) is 0 Å². The first-order chi connectivity index (χ1) is 9.74. The predicted molar refractivity (Wildman–Crippen MR) is 88.2 cm³/mol. The van der Waals surface area contributed by atoms with Crippen LogP contribution in [0, 0.1) is 11.8 Å². The van der Waals surface area contributed by atoms with Crippen LogP contribution in [-0.2, 0) is 0 Å². The molecule has 0 spiro atoms. The first-order valence-electron chi connectivity index (χ1n) is 8.23. The van der Waals surface area contributed by atoms with Gasteiger partial charge in [0, 0.05) is 11.1 Å². The smallest absolute Gasteiger partial charge is 0.0406 e. The van der Waals surface area contributed by atoms with Crippen molar-refractivity contribution in [2.24, 2.45) is 11.8 Å². The number of hydrogen-bond donors (Lipinski definition) is 1. The van der Waals surface area contributed by atoms with Crippen LogP contribution in [-0.4, -0.2) is 6.54 Å². The molecule has 112 valence electrons. The van der Waals surface area contributed by atoms with Gasteiger partial charge in [-0.15, -0.1) is 0 Å². The summed E-state index contributed by atoms with van der Waals surface area (Å²) in [5, 5.41) is 4.60. The minimum Gasteiger partial charge on any atom is -0.310 e. The van der Waals surface area contributed by atoms with Gasteiger partial charge in [0.05, 0.1) is 0 Å². The summed E-state index contributed by atoms with van der Waals surface area (Å²) in [7, 11) is 0. The summed E-state index contributed by atoms with van der Waals surface area (Å²) in [4.78, 5) is 0. The molecule has 20 heavy (non-hydrogen) atoms. The second-order valence-corrected chi connectivity index (χ2v) is 6.61. The third-order valence-corrected chi connectivity index (χ3v) is 5.04. The lowest BCUT2D eigenvalue weighted by Gasteiger charge is -2.34. The number of benzene rings is 1. The molecule has 0 heterocycles. The topological polar surface area (TPSA) is 12.0 Å². The average molecular weight is 294 g/mol. The SMILES string of the molecule is CCCNC(c1ccc(Cl)cc1)C1CCC(CC)CC1. The zero-order valence-electron chi connectivity index (χ0n) is 12.9. The average Bonchev–Trinajstić information content (AvgIpc) is 2.50. The lowest BCUT2D eigenvalue weighted by molar-refractivity contribution is 0.219. The Morgan fingerprint density at radius 3 is 2.30 bits per heavy atom. The first kappa shape index (κ1) is 15.9. The van der Waals surface area contributed by atoms with Crippen LogP contribution in [0.4, 0.5) is 0 Å². The van der Waals surface area contributed by atoms with Crippen molar-refractivity contribution in [1.29, 1.82) is 0 Å². The van der Waals surface area contributed by atoms with Crippen LogP contribution in [0.3, 0.4) is 0 Å². The second-order valence-electron chi connectivity index (χ2n) is 6.17. The summed E-state index contributed by atoms with van der Waals surface area (Å²) in [5.74, 6) is 1.74. The molecule has 0 saturated heterocycles. The maximum Gasteiger partial charge on any atom is 0.0406 e. The molecule has 1 aromatic rings. The van der Waals surface area contributed by atoms with Gasteiger partial charge in [-0.3, -0.25) is 0 Å². The highest BCUT2D eigenvalue weighted by molar-refractivity contribution is 6.30. The van der Waals surface area contributed by atoms with Crippen LogP contribution in [0.5, 0.6) is 0 Å². The highest BCUT2D eigenvalue weighted by atomic mass is 35.5. The van der Waals surface area contributed by atoms with Crippen molar-refractivity contribution in [1.82, 2.24) is 5.32 Å². The van der Waals surface area contributed by atoms with Gasteiger partial charge < -0.3 is 5.32 Å². The number of nitrogens with one attached hydrogen (secondary N) is 1. The summed E-state index contributed by atoms with van der Waals surface area (Å²) in [5.41, 5.74) is 1.41. The molecule has 1 N–H and O–H groups in total. The van der Waals surface area contributed by atoms with Gasteiger partial charge in [0.1, 0.15) is 0 Å². The van der Waals surface area contributed by atoms with E-state index in [4.69, 9.17) is 11.6 Å². The summed E-state index contributed by atoms with van der Waals surface area (Å²) in [6.45, 7) is 5.66. The molecule has 1 fully saturated rings. The Balaban J connectivity index is 2.05. The van der Waals surface area contributed by atoms with E-state index in [1.54, 1.807) is 0 Å². The lowest BCUT2D eigenvalue weighted by atomic mass is 9.76. The molecule has 2 heteroatoms. The van der Waals surface area contributed by atoms with Gasteiger partial charge in [-0.05, 0) is 55.3 Å². The van der Waals surface area contributed by atoms with E-state index in [0.29, 0.717) is 6.04 Å². The largest absolute Gasteiger partial charge is 0.310 e. The van der Waals surface area contributed by atoms with Gasteiger partial charge >= 0.3 is 0 Å². The maximum absolute atomic E-state index is 6.02. The maximum atomic E-state index is 6.02. The molecular formula is C18H28ClN. The van der Waals surface area contributed by atoms with E-state index >= 15 is 0 Å². The van der Waals surface area contributed by atoms with Crippen molar-refractivity contribution in [3.05, 3.63) is 34.9 Å². The lowest BCUT2D eigenvalue weighted by Crippen LogP contribution is -2.31. The second kappa shape index (κ2) is 8.05. The Kier molecular flexibility index (Phi) is 6.38. The zero-order chi connectivity index (χ0) is 14.4. The minimum absolute atomic E-state index is 0.505. The molecule has 1 atom stereocenters. The quantitative estimate of drug-likeness (QED) is 0.720. The van der Waals surface area contributed by atoms with Crippen LogP contribution in [0.25, 0.3) is 0 Å². The van der Waals surface area contributed by atoms with Crippen LogP contribution >= 0.6 is 11.6 Å². The van der Waals surface area contributed by atoms with Crippen molar-refractivity contribution in [2.75, 3.05) is 6.54 Å². The molecule has 0 aromatic heterocycles. The third kappa shape index (κ3) is 4.23. The molecule has 1 saturated carbocycles. The van der Waals surface area contributed by atoms with Gasteiger partial charge in [-0.25, -0.2) is 0 Å². The fraction of sp³-hybridized carbons (Fsp3) is 0.667. The molecule has 1 aliphatic carbocycles. The molecule has 0 bridgehead atoms. The Labute approximate surface area is 129 Å². The van der Waals surface area contributed by atoms with Crippen molar-refractivity contribution < 1.29 is 0 Å². The Morgan fingerprint density at radius 2 is 1.75 bits per heavy atom. The molecular weight excluding hydrogens is 266 g/mol. The van der Waals surface area contributed by atoms with Crippen molar-refractivity contribution in [2.45, 2.75) is 58.4 Å². The third-order valence-electron chi connectivity index (χ3n) is 4.78. The molecule has 0 aliphatic heterocycles. The number of hydrogen-bond acceptors (Lipinski definition) is 1.